The van der Waals surface area contributed by atoms with Gasteiger partial charge in [-0.3, -0.25) is 13.9 Å². The van der Waals surface area contributed by atoms with E-state index in [0.717, 1.165) is 39.4 Å². The molecule has 0 bridgehead atoms. The first-order valence-corrected chi connectivity index (χ1v) is 12.5. The van der Waals surface area contributed by atoms with Crippen LogP contribution in [-0.2, 0) is 0 Å². The Bertz CT molecular complexity index is 1970. The van der Waals surface area contributed by atoms with E-state index < -0.39 is 0 Å². The van der Waals surface area contributed by atoms with E-state index in [1.165, 1.54) is 0 Å². The number of para-hydroxylation sites is 5. The van der Waals surface area contributed by atoms with Crippen molar-refractivity contribution in [2.75, 3.05) is 0 Å². The van der Waals surface area contributed by atoms with Gasteiger partial charge < -0.3 is 0 Å². The van der Waals surface area contributed by atoms with Gasteiger partial charge in [-0.1, -0.05) is 84.9 Å². The van der Waals surface area contributed by atoms with Crippen LogP contribution < -0.4 is 5.56 Å². The Morgan fingerprint density at radius 3 is 1.58 bits per heavy atom. The van der Waals surface area contributed by atoms with Crippen molar-refractivity contribution < 1.29 is 0 Å². The molecule has 7 aromatic rings. The van der Waals surface area contributed by atoms with E-state index in [2.05, 4.69) is 22.8 Å². The lowest BCUT2D eigenvalue weighted by atomic mass is 10.1. The minimum Gasteiger partial charge on any atom is -0.292 e. The molecule has 0 saturated carbocycles. The fourth-order valence-electron chi connectivity index (χ4n) is 4.97. The molecule has 0 amide bonds. The zero-order chi connectivity index (χ0) is 25.5. The van der Waals surface area contributed by atoms with Gasteiger partial charge in [-0.2, -0.15) is 0 Å². The second-order valence-electron chi connectivity index (χ2n) is 9.10. The van der Waals surface area contributed by atoms with Crippen LogP contribution in [0.4, 0.5) is 0 Å². The first-order valence-electron chi connectivity index (χ1n) is 12.5. The number of aromatic nitrogens is 4. The summed E-state index contributed by atoms with van der Waals surface area (Å²) in [5, 5.41) is 0.591. The van der Waals surface area contributed by atoms with Crippen molar-refractivity contribution in [3.8, 4) is 34.2 Å². The molecule has 0 saturated heterocycles. The van der Waals surface area contributed by atoms with Gasteiger partial charge in [0, 0.05) is 16.8 Å². The van der Waals surface area contributed by atoms with Crippen LogP contribution >= 0.6 is 0 Å². The SMILES string of the molecule is O=c1c2ccccc2nc(-c2ccc(-c3nc4ccccc4n3-c3ccccc3)cc2)n1-c1ccccc1. The van der Waals surface area contributed by atoms with Crippen LogP contribution in [0.1, 0.15) is 0 Å². The van der Waals surface area contributed by atoms with E-state index in [-0.39, 0.29) is 5.56 Å². The normalized spacial score (nSPS) is 11.3. The van der Waals surface area contributed by atoms with Crippen molar-refractivity contribution in [2.24, 2.45) is 0 Å². The summed E-state index contributed by atoms with van der Waals surface area (Å²) in [5.41, 5.74) is 6.22. The Labute approximate surface area is 218 Å². The standard InChI is InChI=1S/C33H22N4O/c38-33-27-15-7-8-16-28(27)34-32(37(33)26-13-5-2-6-14-26)24-21-19-23(20-22-24)31-35-29-17-9-10-18-30(29)36(31)25-11-3-1-4-12-25/h1-22H. The molecule has 7 rings (SSSR count). The third-order valence-corrected chi connectivity index (χ3v) is 6.77. The molecule has 0 aliphatic heterocycles. The second-order valence-corrected chi connectivity index (χ2v) is 9.10. The van der Waals surface area contributed by atoms with Gasteiger partial charge in [0.2, 0.25) is 0 Å². The minimum atomic E-state index is -0.0910. The maximum Gasteiger partial charge on any atom is 0.266 e. The first-order chi connectivity index (χ1) is 18.8. The summed E-state index contributed by atoms with van der Waals surface area (Å²) in [4.78, 5) is 23.5. The fraction of sp³-hybridized carbons (Fsp3) is 0. The molecule has 0 aliphatic rings. The summed E-state index contributed by atoms with van der Waals surface area (Å²) in [7, 11) is 0. The van der Waals surface area contributed by atoms with Crippen LogP contribution in [0.25, 0.3) is 56.1 Å². The van der Waals surface area contributed by atoms with Crippen LogP contribution in [0.3, 0.4) is 0 Å². The molecule has 38 heavy (non-hydrogen) atoms. The number of imidazole rings is 1. The van der Waals surface area contributed by atoms with Crippen LogP contribution in [0, 0.1) is 0 Å². The highest BCUT2D eigenvalue weighted by atomic mass is 16.1. The highest BCUT2D eigenvalue weighted by Crippen LogP contribution is 2.30. The van der Waals surface area contributed by atoms with E-state index in [1.807, 2.05) is 115 Å². The van der Waals surface area contributed by atoms with Gasteiger partial charge in [0.15, 0.2) is 0 Å². The Kier molecular flexibility index (Phi) is 5.19. The lowest BCUT2D eigenvalue weighted by Gasteiger charge is -2.14. The molecule has 0 atom stereocenters. The highest BCUT2D eigenvalue weighted by molar-refractivity contribution is 5.84. The number of nitrogens with zero attached hydrogens (tertiary/aromatic N) is 4. The number of hydrogen-bond donors (Lipinski definition) is 0. The number of rotatable bonds is 4. The van der Waals surface area contributed by atoms with E-state index >= 15 is 0 Å². The average Bonchev–Trinajstić information content (AvgIpc) is 3.38. The summed E-state index contributed by atoms with van der Waals surface area (Å²) in [6, 6.07) is 43.7. The van der Waals surface area contributed by atoms with Crippen molar-refractivity contribution >= 4 is 21.9 Å². The molecule has 0 fully saturated rings. The molecular weight excluding hydrogens is 468 g/mol. The summed E-state index contributed by atoms with van der Waals surface area (Å²) < 4.78 is 3.87. The van der Waals surface area contributed by atoms with Crippen molar-refractivity contribution in [3.05, 3.63) is 144 Å². The molecule has 180 valence electrons. The number of fused-ring (bicyclic) bond motifs is 2. The molecule has 5 heteroatoms. The third kappa shape index (κ3) is 3.61. The van der Waals surface area contributed by atoms with Gasteiger partial charge in [0.25, 0.3) is 5.56 Å². The Morgan fingerprint density at radius 1 is 0.447 bits per heavy atom. The summed E-state index contributed by atoms with van der Waals surface area (Å²) in [6.07, 6.45) is 0. The summed E-state index contributed by atoms with van der Waals surface area (Å²) in [5.74, 6) is 1.46. The van der Waals surface area contributed by atoms with Crippen molar-refractivity contribution in [1.82, 2.24) is 19.1 Å². The molecule has 2 aromatic heterocycles. The molecule has 2 heterocycles. The van der Waals surface area contributed by atoms with Gasteiger partial charge >= 0.3 is 0 Å². The predicted molar refractivity (Wildman–Crippen MR) is 153 cm³/mol. The van der Waals surface area contributed by atoms with Gasteiger partial charge in [0.05, 0.1) is 27.6 Å². The molecule has 0 aliphatic carbocycles. The zero-order valence-corrected chi connectivity index (χ0v) is 20.4. The molecule has 0 radical (unpaired) electrons. The molecule has 0 spiro atoms. The minimum absolute atomic E-state index is 0.0910. The monoisotopic (exact) mass is 490 g/mol. The van der Waals surface area contributed by atoms with Gasteiger partial charge in [-0.05, 0) is 48.5 Å². The van der Waals surface area contributed by atoms with Crippen molar-refractivity contribution in [2.45, 2.75) is 0 Å². The number of benzene rings is 5. The Hall–Kier alpha value is -5.29. The summed E-state index contributed by atoms with van der Waals surface area (Å²) >= 11 is 0. The zero-order valence-electron chi connectivity index (χ0n) is 20.4. The molecular formula is C33H22N4O. The van der Waals surface area contributed by atoms with Gasteiger partial charge in [-0.15, -0.1) is 0 Å². The van der Waals surface area contributed by atoms with Crippen LogP contribution in [0.2, 0.25) is 0 Å². The fourth-order valence-corrected chi connectivity index (χ4v) is 4.97. The molecule has 5 nitrogen and oxygen atoms in total. The lowest BCUT2D eigenvalue weighted by Crippen LogP contribution is -2.21. The van der Waals surface area contributed by atoms with Gasteiger partial charge in [0.1, 0.15) is 11.6 Å². The molecule has 0 N–H and O–H groups in total. The van der Waals surface area contributed by atoms with E-state index in [1.54, 1.807) is 4.57 Å². The second kappa shape index (κ2) is 8.98. The van der Waals surface area contributed by atoms with Crippen molar-refractivity contribution in [1.29, 1.82) is 0 Å². The molecule has 0 unspecified atom stereocenters. The predicted octanol–water partition coefficient (Wildman–Crippen LogP) is 7.06. The van der Waals surface area contributed by atoms with Crippen LogP contribution in [0.5, 0.6) is 0 Å². The summed E-state index contributed by atoms with van der Waals surface area (Å²) in [6.45, 7) is 0. The van der Waals surface area contributed by atoms with E-state index in [4.69, 9.17) is 9.97 Å². The Morgan fingerprint density at radius 2 is 0.921 bits per heavy atom. The third-order valence-electron chi connectivity index (χ3n) is 6.77. The van der Waals surface area contributed by atoms with E-state index in [0.29, 0.717) is 16.7 Å². The maximum atomic E-state index is 13.6. The largest absolute Gasteiger partial charge is 0.292 e. The Balaban J connectivity index is 1.41. The van der Waals surface area contributed by atoms with Crippen molar-refractivity contribution in [3.63, 3.8) is 0 Å². The maximum absolute atomic E-state index is 13.6. The van der Waals surface area contributed by atoms with Crippen LogP contribution in [0.15, 0.2) is 138 Å². The smallest absolute Gasteiger partial charge is 0.266 e. The topological polar surface area (TPSA) is 52.7 Å². The molecule has 5 aromatic carbocycles. The average molecular weight is 491 g/mol. The van der Waals surface area contributed by atoms with Gasteiger partial charge in [-0.25, -0.2) is 9.97 Å². The lowest BCUT2D eigenvalue weighted by molar-refractivity contribution is 0.976. The first kappa shape index (κ1) is 21.9. The highest BCUT2D eigenvalue weighted by Gasteiger charge is 2.17. The van der Waals surface area contributed by atoms with E-state index in [9.17, 15) is 4.79 Å². The number of hydrogen-bond acceptors (Lipinski definition) is 3. The quantitative estimate of drug-likeness (QED) is 0.265. The van der Waals surface area contributed by atoms with Crippen LogP contribution in [-0.4, -0.2) is 19.1 Å².